The summed E-state index contributed by atoms with van der Waals surface area (Å²) in [5.74, 6) is -0.656. The number of nitrogens with zero attached hydrogens (tertiary/aromatic N) is 2. The SMILES string of the molecule is CN1CCCCC1CNc1cc(F)c(Cl)cc1[N+](=O)[O-]. The summed E-state index contributed by atoms with van der Waals surface area (Å²) in [4.78, 5) is 12.6. The molecule has 5 nitrogen and oxygen atoms in total. The zero-order chi connectivity index (χ0) is 14.7. The second kappa shape index (κ2) is 6.37. The minimum absolute atomic E-state index is 0.177. The standard InChI is InChI=1S/C13H17ClFN3O2/c1-17-5-3-2-4-9(17)8-16-12-7-11(15)10(14)6-13(12)18(19)20/h6-7,9,16H,2-5,8H2,1H3. The highest BCUT2D eigenvalue weighted by Crippen LogP contribution is 2.30. The number of halogens is 2. The third-order valence-corrected chi connectivity index (χ3v) is 3.97. The Morgan fingerprint density at radius 1 is 1.55 bits per heavy atom. The van der Waals surface area contributed by atoms with Gasteiger partial charge in [-0.3, -0.25) is 10.1 Å². The topological polar surface area (TPSA) is 58.4 Å². The van der Waals surface area contributed by atoms with Gasteiger partial charge in [0.2, 0.25) is 0 Å². The molecule has 1 aliphatic heterocycles. The Morgan fingerprint density at radius 3 is 2.95 bits per heavy atom. The highest BCUT2D eigenvalue weighted by Gasteiger charge is 2.22. The number of nitro benzene ring substituents is 1. The van der Waals surface area contributed by atoms with Crippen LogP contribution in [0.3, 0.4) is 0 Å². The van der Waals surface area contributed by atoms with Crippen molar-refractivity contribution < 1.29 is 9.31 Å². The van der Waals surface area contributed by atoms with Crippen molar-refractivity contribution in [2.45, 2.75) is 25.3 Å². The van der Waals surface area contributed by atoms with E-state index in [-0.39, 0.29) is 16.4 Å². The Balaban J connectivity index is 2.12. The fraction of sp³-hybridized carbons (Fsp3) is 0.538. The van der Waals surface area contributed by atoms with E-state index in [1.54, 1.807) is 0 Å². The molecule has 20 heavy (non-hydrogen) atoms. The lowest BCUT2D eigenvalue weighted by Gasteiger charge is -2.32. The number of likely N-dealkylation sites (tertiary alicyclic amines) is 1. The van der Waals surface area contributed by atoms with Crippen LogP contribution in [0.5, 0.6) is 0 Å². The van der Waals surface area contributed by atoms with Gasteiger partial charge in [0.1, 0.15) is 11.5 Å². The third kappa shape index (κ3) is 3.37. The molecule has 1 saturated heterocycles. The van der Waals surface area contributed by atoms with Gasteiger partial charge in [-0.05, 0) is 26.4 Å². The number of hydrogen-bond acceptors (Lipinski definition) is 4. The molecular formula is C13H17ClFN3O2. The molecular weight excluding hydrogens is 285 g/mol. The summed E-state index contributed by atoms with van der Waals surface area (Å²) in [6.07, 6.45) is 3.35. The fourth-order valence-corrected chi connectivity index (χ4v) is 2.62. The Labute approximate surface area is 121 Å². The number of piperidine rings is 1. The average molecular weight is 302 g/mol. The molecule has 7 heteroatoms. The molecule has 1 aromatic carbocycles. The normalized spacial score (nSPS) is 19.9. The van der Waals surface area contributed by atoms with Gasteiger partial charge in [0, 0.05) is 24.7 Å². The summed E-state index contributed by atoms with van der Waals surface area (Å²) in [5, 5.41) is 13.7. The first-order chi connectivity index (χ1) is 9.49. The fourth-order valence-electron chi connectivity index (χ4n) is 2.46. The van der Waals surface area contributed by atoms with Gasteiger partial charge < -0.3 is 10.2 Å². The second-order valence-electron chi connectivity index (χ2n) is 5.05. The van der Waals surface area contributed by atoms with Crippen molar-refractivity contribution >= 4 is 23.0 Å². The smallest absolute Gasteiger partial charge is 0.294 e. The molecule has 1 unspecified atom stereocenters. The van der Waals surface area contributed by atoms with Gasteiger partial charge >= 0.3 is 0 Å². The lowest BCUT2D eigenvalue weighted by atomic mass is 10.0. The minimum atomic E-state index is -0.656. The van der Waals surface area contributed by atoms with Gasteiger partial charge in [-0.15, -0.1) is 0 Å². The number of likely N-dealkylation sites (N-methyl/N-ethyl adjacent to an activating group) is 1. The molecule has 1 N–H and O–H groups in total. The molecule has 0 radical (unpaired) electrons. The van der Waals surface area contributed by atoms with E-state index in [4.69, 9.17) is 11.6 Å². The molecule has 1 atom stereocenters. The molecule has 1 heterocycles. The highest BCUT2D eigenvalue weighted by atomic mass is 35.5. The monoisotopic (exact) mass is 301 g/mol. The molecule has 0 aromatic heterocycles. The largest absolute Gasteiger partial charge is 0.378 e. The van der Waals surface area contributed by atoms with Crippen LogP contribution in [0.1, 0.15) is 19.3 Å². The maximum absolute atomic E-state index is 13.5. The maximum Gasteiger partial charge on any atom is 0.294 e. The Morgan fingerprint density at radius 2 is 2.30 bits per heavy atom. The van der Waals surface area contributed by atoms with Crippen LogP contribution in [-0.2, 0) is 0 Å². The summed E-state index contributed by atoms with van der Waals surface area (Å²) >= 11 is 5.59. The van der Waals surface area contributed by atoms with Gasteiger partial charge in [-0.1, -0.05) is 18.0 Å². The van der Waals surface area contributed by atoms with Crippen LogP contribution < -0.4 is 5.32 Å². The zero-order valence-corrected chi connectivity index (χ0v) is 12.0. The van der Waals surface area contributed by atoms with Gasteiger partial charge in [0.25, 0.3) is 5.69 Å². The predicted molar refractivity (Wildman–Crippen MR) is 76.8 cm³/mol. The van der Waals surface area contributed by atoms with Crippen molar-refractivity contribution in [2.75, 3.05) is 25.5 Å². The summed E-state index contributed by atoms with van der Waals surface area (Å²) in [5.41, 5.74) is -0.0225. The Bertz CT molecular complexity index is 513. The van der Waals surface area contributed by atoms with Gasteiger partial charge in [-0.2, -0.15) is 0 Å². The van der Waals surface area contributed by atoms with Crippen molar-refractivity contribution in [1.29, 1.82) is 0 Å². The first-order valence-corrected chi connectivity index (χ1v) is 6.94. The van der Waals surface area contributed by atoms with E-state index in [1.807, 2.05) is 7.05 Å². The van der Waals surface area contributed by atoms with Gasteiger partial charge in [-0.25, -0.2) is 4.39 Å². The molecule has 0 bridgehead atoms. The summed E-state index contributed by atoms with van der Waals surface area (Å²) in [6.45, 7) is 1.57. The summed E-state index contributed by atoms with van der Waals surface area (Å²) < 4.78 is 13.5. The van der Waals surface area contributed by atoms with Crippen LogP contribution in [0.15, 0.2) is 12.1 Å². The van der Waals surface area contributed by atoms with E-state index >= 15 is 0 Å². The second-order valence-corrected chi connectivity index (χ2v) is 5.46. The van der Waals surface area contributed by atoms with E-state index < -0.39 is 10.7 Å². The van der Waals surface area contributed by atoms with Crippen LogP contribution in [0.2, 0.25) is 5.02 Å². The van der Waals surface area contributed by atoms with Crippen molar-refractivity contribution in [2.24, 2.45) is 0 Å². The number of nitro groups is 1. The molecule has 0 saturated carbocycles. The lowest BCUT2D eigenvalue weighted by Crippen LogP contribution is -2.40. The molecule has 0 aliphatic carbocycles. The van der Waals surface area contributed by atoms with Crippen molar-refractivity contribution in [1.82, 2.24) is 4.90 Å². The number of hydrogen-bond donors (Lipinski definition) is 1. The number of rotatable bonds is 4. The van der Waals surface area contributed by atoms with E-state index in [0.717, 1.165) is 31.5 Å². The first-order valence-electron chi connectivity index (χ1n) is 6.56. The Hall–Kier alpha value is -1.40. The van der Waals surface area contributed by atoms with Crippen molar-refractivity contribution in [3.63, 3.8) is 0 Å². The van der Waals surface area contributed by atoms with E-state index in [9.17, 15) is 14.5 Å². The quantitative estimate of drug-likeness (QED) is 0.685. The van der Waals surface area contributed by atoms with E-state index in [1.165, 1.54) is 6.42 Å². The molecule has 1 aromatic rings. The number of anilines is 1. The molecule has 1 aliphatic rings. The van der Waals surface area contributed by atoms with Crippen molar-refractivity contribution in [3.05, 3.63) is 33.1 Å². The maximum atomic E-state index is 13.5. The zero-order valence-electron chi connectivity index (χ0n) is 11.2. The molecule has 110 valence electrons. The predicted octanol–water partition coefficient (Wildman–Crippen LogP) is 3.28. The summed E-state index contributed by atoms with van der Waals surface area (Å²) in [6, 6.07) is 2.44. The van der Waals surface area contributed by atoms with E-state index in [2.05, 4.69) is 10.2 Å². The number of nitrogens with one attached hydrogen (secondary N) is 1. The lowest BCUT2D eigenvalue weighted by molar-refractivity contribution is -0.384. The van der Waals surface area contributed by atoms with Crippen LogP contribution in [0.4, 0.5) is 15.8 Å². The molecule has 0 spiro atoms. The molecule has 2 rings (SSSR count). The highest BCUT2D eigenvalue weighted by molar-refractivity contribution is 6.31. The van der Waals surface area contributed by atoms with Crippen LogP contribution >= 0.6 is 11.6 Å². The third-order valence-electron chi connectivity index (χ3n) is 3.68. The van der Waals surface area contributed by atoms with Gasteiger partial charge in [0.05, 0.1) is 9.95 Å². The molecule has 0 amide bonds. The van der Waals surface area contributed by atoms with Crippen molar-refractivity contribution in [3.8, 4) is 0 Å². The first kappa shape index (κ1) is 15.0. The van der Waals surface area contributed by atoms with Crippen LogP contribution in [-0.4, -0.2) is 36.0 Å². The molecule has 1 fully saturated rings. The Kier molecular flexibility index (Phi) is 4.77. The van der Waals surface area contributed by atoms with Crippen LogP contribution in [0, 0.1) is 15.9 Å². The average Bonchev–Trinajstić information content (AvgIpc) is 2.41. The number of benzene rings is 1. The van der Waals surface area contributed by atoms with Gasteiger partial charge in [0.15, 0.2) is 0 Å². The van der Waals surface area contributed by atoms with Crippen LogP contribution in [0.25, 0.3) is 0 Å². The van der Waals surface area contributed by atoms with E-state index in [0.29, 0.717) is 12.6 Å². The minimum Gasteiger partial charge on any atom is -0.378 e. The summed E-state index contributed by atoms with van der Waals surface area (Å²) in [7, 11) is 2.03.